The highest BCUT2D eigenvalue weighted by Crippen LogP contribution is 2.17. The van der Waals surface area contributed by atoms with Crippen molar-refractivity contribution in [3.05, 3.63) is 24.3 Å². The number of hydrogen-bond acceptors (Lipinski definition) is 3. The second-order valence-corrected chi connectivity index (χ2v) is 3.82. The molecule has 0 atom stereocenters. The zero-order valence-electron chi connectivity index (χ0n) is 9.74. The molecule has 94 valence electrons. The molecule has 0 radical (unpaired) electrons. The van der Waals surface area contributed by atoms with Crippen LogP contribution < -0.4 is 10.1 Å². The smallest absolute Gasteiger partial charge is 0.235 e. The summed E-state index contributed by atoms with van der Waals surface area (Å²) in [5, 5.41) is 3.02. The highest BCUT2D eigenvalue weighted by Gasteiger charge is 2.01. The molecule has 0 heterocycles. The molecule has 1 rings (SSSR count). The lowest BCUT2D eigenvalue weighted by molar-refractivity contribution is -0.113. The molecule has 0 unspecified atom stereocenters. The molecule has 0 fully saturated rings. The second-order valence-electron chi connectivity index (χ2n) is 3.26. The first-order valence-corrected chi connectivity index (χ1v) is 6.55. The molecule has 17 heavy (non-hydrogen) atoms. The predicted octanol–water partition coefficient (Wildman–Crippen LogP) is 2.44. The molecule has 0 aromatic heterocycles. The Kier molecular flexibility index (Phi) is 6.65. The zero-order valence-corrected chi connectivity index (χ0v) is 11.3. The van der Waals surface area contributed by atoms with Gasteiger partial charge in [0, 0.05) is 18.4 Å². The number of carbonyl (C=O) groups excluding carboxylic acids is 1. The van der Waals surface area contributed by atoms with Gasteiger partial charge < -0.3 is 14.8 Å². The van der Waals surface area contributed by atoms with Gasteiger partial charge in [0.05, 0.1) is 11.9 Å². The molecule has 0 aliphatic rings. The van der Waals surface area contributed by atoms with Crippen molar-refractivity contribution in [3.63, 3.8) is 0 Å². The van der Waals surface area contributed by atoms with Gasteiger partial charge in [0.1, 0.15) is 12.4 Å². The Morgan fingerprint density at radius 3 is 2.94 bits per heavy atom. The molecule has 1 aromatic carbocycles. The van der Waals surface area contributed by atoms with Crippen LogP contribution in [0.25, 0.3) is 0 Å². The van der Waals surface area contributed by atoms with E-state index in [0.717, 1.165) is 11.4 Å². The maximum atomic E-state index is 11.2. The van der Waals surface area contributed by atoms with Gasteiger partial charge in [-0.1, -0.05) is 22.0 Å². The molecule has 0 aliphatic carbocycles. The van der Waals surface area contributed by atoms with Crippen molar-refractivity contribution in [2.24, 2.45) is 0 Å². The predicted molar refractivity (Wildman–Crippen MR) is 70.9 cm³/mol. The highest BCUT2D eigenvalue weighted by atomic mass is 79.9. The van der Waals surface area contributed by atoms with Gasteiger partial charge in [-0.2, -0.15) is 0 Å². The molecule has 1 N–H and O–H groups in total. The molecule has 0 aliphatic heterocycles. The number of rotatable bonds is 7. The minimum atomic E-state index is -0.0866. The number of ether oxygens (including phenoxy) is 2. The summed E-state index contributed by atoms with van der Waals surface area (Å²) in [5.41, 5.74) is 0.725. The van der Waals surface area contributed by atoms with E-state index in [4.69, 9.17) is 9.47 Å². The van der Waals surface area contributed by atoms with Gasteiger partial charge >= 0.3 is 0 Å². The van der Waals surface area contributed by atoms with Crippen molar-refractivity contribution in [1.82, 2.24) is 0 Å². The number of anilines is 1. The van der Waals surface area contributed by atoms with E-state index in [1.54, 1.807) is 6.07 Å². The van der Waals surface area contributed by atoms with Gasteiger partial charge in [-0.05, 0) is 19.1 Å². The molecule has 1 aromatic rings. The molecular formula is C12H16BrNO3. The van der Waals surface area contributed by atoms with Crippen LogP contribution in [-0.4, -0.2) is 31.1 Å². The Labute approximate surface area is 109 Å². The van der Waals surface area contributed by atoms with E-state index in [2.05, 4.69) is 21.2 Å². The Balaban J connectivity index is 2.45. The SMILES string of the molecule is CCOCCOc1cccc(NC(=O)CBr)c1. The second kappa shape index (κ2) is 8.08. The zero-order chi connectivity index (χ0) is 12.5. The van der Waals surface area contributed by atoms with Crippen molar-refractivity contribution in [1.29, 1.82) is 0 Å². The average molecular weight is 302 g/mol. The number of hydrogen-bond donors (Lipinski definition) is 1. The first kappa shape index (κ1) is 14.0. The Morgan fingerprint density at radius 1 is 1.41 bits per heavy atom. The first-order chi connectivity index (χ1) is 8.26. The number of carbonyl (C=O) groups is 1. The summed E-state index contributed by atoms with van der Waals surface area (Å²) in [5.74, 6) is 0.633. The van der Waals surface area contributed by atoms with E-state index >= 15 is 0 Å². The van der Waals surface area contributed by atoms with Crippen LogP contribution >= 0.6 is 15.9 Å². The molecule has 1 amide bonds. The fourth-order valence-corrected chi connectivity index (χ4v) is 1.36. The summed E-state index contributed by atoms with van der Waals surface area (Å²) in [6.45, 7) is 3.69. The van der Waals surface area contributed by atoms with Crippen LogP contribution in [0.5, 0.6) is 5.75 Å². The van der Waals surface area contributed by atoms with Crippen molar-refractivity contribution in [2.75, 3.05) is 30.5 Å². The maximum Gasteiger partial charge on any atom is 0.235 e. The van der Waals surface area contributed by atoms with Crippen molar-refractivity contribution < 1.29 is 14.3 Å². The van der Waals surface area contributed by atoms with Crippen LogP contribution in [0.15, 0.2) is 24.3 Å². The van der Waals surface area contributed by atoms with E-state index in [-0.39, 0.29) is 11.2 Å². The largest absolute Gasteiger partial charge is 0.491 e. The maximum absolute atomic E-state index is 11.2. The number of alkyl halides is 1. The molecule has 0 bridgehead atoms. The summed E-state index contributed by atoms with van der Waals surface area (Å²) in [6, 6.07) is 7.28. The number of benzene rings is 1. The molecule has 0 spiro atoms. The molecule has 4 nitrogen and oxygen atoms in total. The Morgan fingerprint density at radius 2 is 2.24 bits per heavy atom. The van der Waals surface area contributed by atoms with Crippen LogP contribution in [0, 0.1) is 0 Å². The molecule has 5 heteroatoms. The Hall–Kier alpha value is -1.07. The van der Waals surface area contributed by atoms with Gasteiger partial charge in [0.15, 0.2) is 0 Å². The highest BCUT2D eigenvalue weighted by molar-refractivity contribution is 9.09. The first-order valence-electron chi connectivity index (χ1n) is 5.42. The van der Waals surface area contributed by atoms with Gasteiger partial charge in [-0.3, -0.25) is 4.79 Å². The topological polar surface area (TPSA) is 47.6 Å². The van der Waals surface area contributed by atoms with Crippen LogP contribution in [0.1, 0.15) is 6.92 Å². The van der Waals surface area contributed by atoms with Crippen LogP contribution in [0.3, 0.4) is 0 Å². The lowest BCUT2D eigenvalue weighted by Gasteiger charge is -2.08. The third-order valence-electron chi connectivity index (χ3n) is 1.94. The van der Waals surface area contributed by atoms with Crippen LogP contribution in [0.2, 0.25) is 0 Å². The lowest BCUT2D eigenvalue weighted by atomic mass is 10.3. The Bertz CT molecular complexity index is 357. The molecule has 0 saturated heterocycles. The summed E-state index contributed by atoms with van der Waals surface area (Å²) < 4.78 is 10.6. The number of halogens is 1. The van der Waals surface area contributed by atoms with Gasteiger partial charge in [0.25, 0.3) is 0 Å². The minimum Gasteiger partial charge on any atom is -0.491 e. The summed E-state index contributed by atoms with van der Waals surface area (Å²) in [6.07, 6.45) is 0. The number of amides is 1. The minimum absolute atomic E-state index is 0.0866. The summed E-state index contributed by atoms with van der Waals surface area (Å²) >= 11 is 3.09. The fourth-order valence-electron chi connectivity index (χ4n) is 1.22. The van der Waals surface area contributed by atoms with E-state index in [1.807, 2.05) is 25.1 Å². The third-order valence-corrected chi connectivity index (χ3v) is 2.45. The monoisotopic (exact) mass is 301 g/mol. The standard InChI is InChI=1S/C12H16BrNO3/c1-2-16-6-7-17-11-5-3-4-10(8-11)14-12(15)9-13/h3-5,8H,2,6-7,9H2,1H3,(H,14,15). The normalized spacial score (nSPS) is 10.0. The average Bonchev–Trinajstić information content (AvgIpc) is 2.35. The van der Waals surface area contributed by atoms with Crippen LogP contribution in [0.4, 0.5) is 5.69 Å². The van der Waals surface area contributed by atoms with Crippen molar-refractivity contribution >= 4 is 27.5 Å². The van der Waals surface area contributed by atoms with E-state index in [9.17, 15) is 4.79 Å². The van der Waals surface area contributed by atoms with Crippen LogP contribution in [-0.2, 0) is 9.53 Å². The van der Waals surface area contributed by atoms with Gasteiger partial charge in [0.2, 0.25) is 5.91 Å². The van der Waals surface area contributed by atoms with E-state index in [0.29, 0.717) is 19.8 Å². The molecule has 0 saturated carbocycles. The lowest BCUT2D eigenvalue weighted by Crippen LogP contribution is -2.12. The van der Waals surface area contributed by atoms with Gasteiger partial charge in [-0.15, -0.1) is 0 Å². The molecular weight excluding hydrogens is 286 g/mol. The van der Waals surface area contributed by atoms with Crippen molar-refractivity contribution in [2.45, 2.75) is 6.92 Å². The van der Waals surface area contributed by atoms with E-state index in [1.165, 1.54) is 0 Å². The summed E-state index contributed by atoms with van der Waals surface area (Å²) in [4.78, 5) is 11.2. The van der Waals surface area contributed by atoms with Crippen molar-refractivity contribution in [3.8, 4) is 5.75 Å². The number of nitrogens with one attached hydrogen (secondary N) is 1. The third kappa shape index (κ3) is 5.70. The summed E-state index contributed by atoms with van der Waals surface area (Å²) in [7, 11) is 0. The quantitative estimate of drug-likeness (QED) is 0.621. The van der Waals surface area contributed by atoms with E-state index < -0.39 is 0 Å². The fraction of sp³-hybridized carbons (Fsp3) is 0.417. The van der Waals surface area contributed by atoms with Gasteiger partial charge in [-0.25, -0.2) is 0 Å².